The predicted molar refractivity (Wildman–Crippen MR) is 87.5 cm³/mol. The minimum absolute atomic E-state index is 0.000777. The fraction of sp³-hybridized carbons (Fsp3) is 0.562. The summed E-state index contributed by atoms with van der Waals surface area (Å²) in [6.07, 6.45) is 0.855. The maximum absolute atomic E-state index is 12.7. The standard InChI is InChI=1S/C16H24N2O4S/c1-11-8-12(2)14(13(3)9-11)23(20,21)18-10-16(15(17)19)4-6-22-7-5-16/h8-9,18H,4-7,10H2,1-3H3,(H2,17,19). The van der Waals surface area contributed by atoms with Crippen molar-refractivity contribution in [3.05, 3.63) is 28.8 Å². The number of benzene rings is 1. The van der Waals surface area contributed by atoms with Gasteiger partial charge in [-0.05, 0) is 44.7 Å². The molecular weight excluding hydrogens is 316 g/mol. The lowest BCUT2D eigenvalue weighted by Gasteiger charge is -2.34. The van der Waals surface area contributed by atoms with E-state index in [2.05, 4.69) is 4.72 Å². The van der Waals surface area contributed by atoms with Crippen LogP contribution in [0.1, 0.15) is 29.5 Å². The minimum atomic E-state index is -3.71. The second-order valence-electron chi connectivity index (χ2n) is 6.31. The predicted octanol–water partition coefficient (Wildman–Crippen LogP) is 1.17. The fourth-order valence-electron chi connectivity index (χ4n) is 3.17. The van der Waals surface area contributed by atoms with Crippen LogP contribution >= 0.6 is 0 Å². The SMILES string of the molecule is Cc1cc(C)c(S(=O)(=O)NCC2(C(N)=O)CCOCC2)c(C)c1. The number of hydrogen-bond acceptors (Lipinski definition) is 4. The van der Waals surface area contributed by atoms with Crippen molar-refractivity contribution in [3.63, 3.8) is 0 Å². The second kappa shape index (κ2) is 6.59. The molecule has 0 unspecified atom stereocenters. The van der Waals surface area contributed by atoms with E-state index in [0.717, 1.165) is 5.56 Å². The van der Waals surface area contributed by atoms with E-state index in [1.165, 1.54) is 0 Å². The van der Waals surface area contributed by atoms with Crippen molar-refractivity contribution in [2.24, 2.45) is 11.1 Å². The van der Waals surface area contributed by atoms with E-state index in [4.69, 9.17) is 10.5 Å². The van der Waals surface area contributed by atoms with Gasteiger partial charge in [-0.1, -0.05) is 17.7 Å². The number of carbonyl (C=O) groups is 1. The normalized spacial score (nSPS) is 17.9. The molecule has 0 radical (unpaired) electrons. The van der Waals surface area contributed by atoms with E-state index in [9.17, 15) is 13.2 Å². The Kier molecular flexibility index (Phi) is 5.13. The van der Waals surface area contributed by atoms with Crippen LogP contribution in [-0.4, -0.2) is 34.1 Å². The van der Waals surface area contributed by atoms with Crippen LogP contribution in [0.2, 0.25) is 0 Å². The number of nitrogens with one attached hydrogen (secondary N) is 1. The molecule has 0 aromatic heterocycles. The van der Waals surface area contributed by atoms with Gasteiger partial charge in [0.25, 0.3) is 0 Å². The van der Waals surface area contributed by atoms with Gasteiger partial charge >= 0.3 is 0 Å². The molecule has 128 valence electrons. The summed E-state index contributed by atoms with van der Waals surface area (Å²) in [6.45, 7) is 6.29. The van der Waals surface area contributed by atoms with Gasteiger partial charge < -0.3 is 10.5 Å². The van der Waals surface area contributed by atoms with Crippen LogP contribution in [0.5, 0.6) is 0 Å². The zero-order chi connectivity index (χ0) is 17.3. The van der Waals surface area contributed by atoms with Gasteiger partial charge in [-0.15, -0.1) is 0 Å². The highest BCUT2D eigenvalue weighted by Gasteiger charge is 2.39. The Morgan fingerprint density at radius 1 is 1.22 bits per heavy atom. The van der Waals surface area contributed by atoms with Gasteiger partial charge in [0.2, 0.25) is 15.9 Å². The smallest absolute Gasteiger partial charge is 0.241 e. The molecule has 6 nitrogen and oxygen atoms in total. The van der Waals surface area contributed by atoms with Gasteiger partial charge in [0.15, 0.2) is 0 Å². The highest BCUT2D eigenvalue weighted by molar-refractivity contribution is 7.89. The maximum atomic E-state index is 12.7. The molecule has 1 amide bonds. The molecular formula is C16H24N2O4S. The van der Waals surface area contributed by atoms with Gasteiger partial charge in [0, 0.05) is 19.8 Å². The van der Waals surface area contributed by atoms with Gasteiger partial charge in [-0.3, -0.25) is 4.79 Å². The van der Waals surface area contributed by atoms with Crippen molar-refractivity contribution >= 4 is 15.9 Å². The molecule has 0 bridgehead atoms. The number of nitrogens with two attached hydrogens (primary N) is 1. The maximum Gasteiger partial charge on any atom is 0.241 e. The minimum Gasteiger partial charge on any atom is -0.381 e. The Bertz CT molecular complexity index is 684. The van der Waals surface area contributed by atoms with Crippen LogP contribution in [0, 0.1) is 26.2 Å². The molecule has 1 saturated heterocycles. The van der Waals surface area contributed by atoms with E-state index in [1.807, 2.05) is 19.1 Å². The fourth-order valence-corrected chi connectivity index (χ4v) is 4.74. The number of ether oxygens (including phenoxy) is 1. The largest absolute Gasteiger partial charge is 0.381 e. The van der Waals surface area contributed by atoms with Crippen LogP contribution in [-0.2, 0) is 19.6 Å². The van der Waals surface area contributed by atoms with Crippen molar-refractivity contribution in [3.8, 4) is 0 Å². The number of amides is 1. The Labute approximate surface area is 137 Å². The van der Waals surface area contributed by atoms with E-state index < -0.39 is 21.3 Å². The van der Waals surface area contributed by atoms with Gasteiger partial charge in [-0.2, -0.15) is 0 Å². The first-order valence-corrected chi connectivity index (χ1v) is 9.11. The van der Waals surface area contributed by atoms with Crippen molar-refractivity contribution < 1.29 is 17.9 Å². The summed E-state index contributed by atoms with van der Waals surface area (Å²) in [4.78, 5) is 12.1. The summed E-state index contributed by atoms with van der Waals surface area (Å²) >= 11 is 0. The molecule has 1 aromatic rings. The summed E-state index contributed by atoms with van der Waals surface area (Å²) in [6, 6.07) is 3.67. The highest BCUT2D eigenvalue weighted by Crippen LogP contribution is 2.30. The summed E-state index contributed by atoms with van der Waals surface area (Å²) < 4.78 is 33.2. The number of rotatable bonds is 5. The van der Waals surface area contributed by atoms with E-state index in [1.54, 1.807) is 13.8 Å². The lowest BCUT2D eigenvalue weighted by atomic mass is 9.80. The number of carbonyl (C=O) groups excluding carboxylic acids is 1. The topological polar surface area (TPSA) is 98.5 Å². The molecule has 23 heavy (non-hydrogen) atoms. The van der Waals surface area contributed by atoms with Crippen molar-refractivity contribution in [2.75, 3.05) is 19.8 Å². The van der Waals surface area contributed by atoms with Crippen molar-refractivity contribution in [1.29, 1.82) is 0 Å². The van der Waals surface area contributed by atoms with Gasteiger partial charge in [-0.25, -0.2) is 13.1 Å². The number of aryl methyl sites for hydroxylation is 3. The van der Waals surface area contributed by atoms with Crippen LogP contribution in [0.3, 0.4) is 0 Å². The Balaban J connectivity index is 2.27. The van der Waals surface area contributed by atoms with Crippen molar-refractivity contribution in [1.82, 2.24) is 4.72 Å². The molecule has 0 saturated carbocycles. The van der Waals surface area contributed by atoms with E-state index in [-0.39, 0.29) is 11.4 Å². The van der Waals surface area contributed by atoms with Crippen LogP contribution in [0.4, 0.5) is 0 Å². The van der Waals surface area contributed by atoms with Crippen LogP contribution in [0.15, 0.2) is 17.0 Å². The summed E-state index contributed by atoms with van der Waals surface area (Å²) in [7, 11) is -3.71. The van der Waals surface area contributed by atoms with Crippen LogP contribution in [0.25, 0.3) is 0 Å². The molecule has 1 aliphatic heterocycles. The van der Waals surface area contributed by atoms with Gasteiger partial charge in [0.1, 0.15) is 0 Å². The van der Waals surface area contributed by atoms with Gasteiger partial charge in [0.05, 0.1) is 10.3 Å². The highest BCUT2D eigenvalue weighted by atomic mass is 32.2. The average molecular weight is 340 g/mol. The molecule has 2 rings (SSSR count). The molecule has 1 heterocycles. The lowest BCUT2D eigenvalue weighted by molar-refractivity contribution is -0.132. The molecule has 3 N–H and O–H groups in total. The third-order valence-electron chi connectivity index (χ3n) is 4.45. The molecule has 0 atom stereocenters. The number of hydrogen-bond donors (Lipinski definition) is 2. The monoisotopic (exact) mass is 340 g/mol. The first kappa shape index (κ1) is 17.9. The quantitative estimate of drug-likeness (QED) is 0.840. The summed E-state index contributed by atoms with van der Waals surface area (Å²) in [5.74, 6) is -0.485. The molecule has 1 aliphatic rings. The zero-order valence-electron chi connectivity index (χ0n) is 13.8. The Morgan fingerprint density at radius 2 is 1.74 bits per heavy atom. The Morgan fingerprint density at radius 3 is 2.22 bits per heavy atom. The zero-order valence-corrected chi connectivity index (χ0v) is 14.6. The summed E-state index contributed by atoms with van der Waals surface area (Å²) in [5, 5.41) is 0. The first-order chi connectivity index (χ1) is 10.7. The number of primary amides is 1. The van der Waals surface area contributed by atoms with Crippen molar-refractivity contribution in [2.45, 2.75) is 38.5 Å². The number of sulfonamides is 1. The molecule has 1 fully saturated rings. The third-order valence-corrected chi connectivity index (χ3v) is 6.15. The average Bonchev–Trinajstić information content (AvgIpc) is 2.44. The lowest BCUT2D eigenvalue weighted by Crippen LogP contribution is -2.49. The molecule has 7 heteroatoms. The van der Waals surface area contributed by atoms with E-state index >= 15 is 0 Å². The van der Waals surface area contributed by atoms with Crippen LogP contribution < -0.4 is 10.5 Å². The second-order valence-corrected chi connectivity index (χ2v) is 8.01. The van der Waals surface area contributed by atoms with E-state index in [0.29, 0.717) is 37.2 Å². The summed E-state index contributed by atoms with van der Waals surface area (Å²) in [5.41, 5.74) is 7.03. The first-order valence-electron chi connectivity index (χ1n) is 7.63. The third kappa shape index (κ3) is 3.73. The molecule has 0 aliphatic carbocycles. The Hall–Kier alpha value is -1.44. The molecule has 1 aromatic carbocycles. The molecule has 0 spiro atoms.